The molecule has 0 aliphatic carbocycles. The fourth-order valence-corrected chi connectivity index (χ4v) is 4.54. The van der Waals surface area contributed by atoms with Crippen LogP contribution in [0.5, 0.6) is 5.75 Å². The number of nitrogens with zero attached hydrogens (tertiary/aromatic N) is 6. The van der Waals surface area contributed by atoms with E-state index in [4.69, 9.17) is 0 Å². The van der Waals surface area contributed by atoms with E-state index in [1.165, 1.54) is 24.4 Å². The Morgan fingerprint density at radius 1 is 1.15 bits per heavy atom. The standard InChI is InChI=1S/C21H20F4N6O2/c22-16(23)9-31-18-15(7-27-31)26-8-17(28-18)29-5-4-21(10-29)11-30(12-21)19(32)13-2-1-3-14(6-13)33-20(24)25/h1-3,6-8,16,20H,4-5,9-12H2. The zero-order valence-corrected chi connectivity index (χ0v) is 17.4. The average Bonchev–Trinajstić information content (AvgIpc) is 3.36. The predicted octanol–water partition coefficient (Wildman–Crippen LogP) is 3.05. The zero-order chi connectivity index (χ0) is 23.2. The second kappa shape index (κ2) is 8.16. The van der Waals surface area contributed by atoms with E-state index < -0.39 is 19.6 Å². The summed E-state index contributed by atoms with van der Waals surface area (Å²) in [4.78, 5) is 25.3. The number of ether oxygens (including phenoxy) is 1. The van der Waals surface area contributed by atoms with Crippen LogP contribution in [-0.4, -0.2) is 69.8 Å². The van der Waals surface area contributed by atoms with Gasteiger partial charge in [0, 0.05) is 37.2 Å². The van der Waals surface area contributed by atoms with Crippen molar-refractivity contribution >= 4 is 22.9 Å². The molecule has 0 atom stereocenters. The number of anilines is 1. The summed E-state index contributed by atoms with van der Waals surface area (Å²) < 4.78 is 56.0. The van der Waals surface area contributed by atoms with E-state index in [1.807, 2.05) is 4.90 Å². The molecule has 4 heterocycles. The maximum Gasteiger partial charge on any atom is 0.387 e. The molecule has 2 fully saturated rings. The van der Waals surface area contributed by atoms with Gasteiger partial charge in [-0.25, -0.2) is 23.4 Å². The van der Waals surface area contributed by atoms with Crippen molar-refractivity contribution in [2.45, 2.75) is 26.0 Å². The lowest BCUT2D eigenvalue weighted by molar-refractivity contribution is -0.0499. The summed E-state index contributed by atoms with van der Waals surface area (Å²) in [6.07, 6.45) is 1.30. The highest BCUT2D eigenvalue weighted by Gasteiger charge is 2.49. The van der Waals surface area contributed by atoms with Gasteiger partial charge in [0.1, 0.15) is 23.6 Å². The zero-order valence-electron chi connectivity index (χ0n) is 17.4. The van der Waals surface area contributed by atoms with Crippen LogP contribution < -0.4 is 9.64 Å². The average molecular weight is 464 g/mol. The van der Waals surface area contributed by atoms with E-state index in [0.29, 0.717) is 48.7 Å². The number of alkyl halides is 4. The fourth-order valence-electron chi connectivity index (χ4n) is 4.54. The molecule has 2 saturated heterocycles. The molecule has 0 bridgehead atoms. The lowest BCUT2D eigenvalue weighted by Gasteiger charge is -2.48. The summed E-state index contributed by atoms with van der Waals surface area (Å²) in [5, 5.41) is 3.94. The summed E-state index contributed by atoms with van der Waals surface area (Å²) in [6.45, 7) is -1.10. The second-order valence-corrected chi connectivity index (χ2v) is 8.39. The number of carbonyl (C=O) groups excluding carboxylic acids is 1. The lowest BCUT2D eigenvalue weighted by atomic mass is 9.78. The Morgan fingerprint density at radius 2 is 1.97 bits per heavy atom. The first kappa shape index (κ1) is 21.4. The first-order chi connectivity index (χ1) is 15.8. The topological polar surface area (TPSA) is 76.4 Å². The number of hydrogen-bond donors (Lipinski definition) is 0. The largest absolute Gasteiger partial charge is 0.435 e. The maximum atomic E-state index is 12.8. The molecule has 174 valence electrons. The van der Waals surface area contributed by atoms with Gasteiger partial charge in [0.15, 0.2) is 5.65 Å². The maximum absolute atomic E-state index is 12.8. The van der Waals surface area contributed by atoms with Crippen molar-refractivity contribution in [3.05, 3.63) is 42.2 Å². The third kappa shape index (κ3) is 4.16. The normalized spacial score (nSPS) is 17.4. The van der Waals surface area contributed by atoms with Crippen LogP contribution in [0.1, 0.15) is 16.8 Å². The van der Waals surface area contributed by atoms with Crippen LogP contribution in [0, 0.1) is 5.41 Å². The molecule has 0 radical (unpaired) electrons. The van der Waals surface area contributed by atoms with Crippen molar-refractivity contribution < 1.29 is 27.1 Å². The smallest absolute Gasteiger partial charge is 0.387 e. The van der Waals surface area contributed by atoms with Crippen molar-refractivity contribution in [3.63, 3.8) is 0 Å². The lowest BCUT2D eigenvalue weighted by Crippen LogP contribution is -2.59. The Hall–Kier alpha value is -3.44. The van der Waals surface area contributed by atoms with Gasteiger partial charge in [0.25, 0.3) is 12.3 Å². The molecule has 0 N–H and O–H groups in total. The number of likely N-dealkylation sites (tertiary alicyclic amines) is 1. The van der Waals surface area contributed by atoms with Gasteiger partial charge < -0.3 is 14.5 Å². The predicted molar refractivity (Wildman–Crippen MR) is 110 cm³/mol. The molecule has 1 aromatic carbocycles. The van der Waals surface area contributed by atoms with Crippen LogP contribution in [0.25, 0.3) is 11.2 Å². The van der Waals surface area contributed by atoms with Gasteiger partial charge in [0.2, 0.25) is 0 Å². The number of fused-ring (bicyclic) bond motifs is 1. The minimum atomic E-state index is -2.96. The van der Waals surface area contributed by atoms with Gasteiger partial charge in [-0.15, -0.1) is 0 Å². The second-order valence-electron chi connectivity index (χ2n) is 8.39. The van der Waals surface area contributed by atoms with Crippen LogP contribution >= 0.6 is 0 Å². The Bertz CT molecular complexity index is 1180. The van der Waals surface area contributed by atoms with Crippen LogP contribution in [0.15, 0.2) is 36.7 Å². The SMILES string of the molecule is O=C(c1cccc(OC(F)F)c1)N1CC2(CCN(c3cnc4cnn(CC(F)F)c4n3)C2)C1. The molecule has 0 unspecified atom stereocenters. The molecule has 2 aliphatic heterocycles. The third-order valence-electron chi connectivity index (χ3n) is 6.05. The Kier molecular flexibility index (Phi) is 5.29. The molecule has 8 nitrogen and oxygen atoms in total. The van der Waals surface area contributed by atoms with Gasteiger partial charge in [-0.2, -0.15) is 13.9 Å². The van der Waals surface area contributed by atoms with Crippen molar-refractivity contribution in [1.82, 2.24) is 24.6 Å². The highest BCUT2D eigenvalue weighted by molar-refractivity contribution is 5.95. The Labute approximate surface area is 185 Å². The number of amides is 1. The number of carbonyl (C=O) groups is 1. The van der Waals surface area contributed by atoms with Gasteiger partial charge in [-0.1, -0.05) is 6.07 Å². The fraction of sp³-hybridized carbons (Fsp3) is 0.429. The molecule has 3 aromatic rings. The van der Waals surface area contributed by atoms with Gasteiger partial charge >= 0.3 is 6.61 Å². The number of benzene rings is 1. The highest BCUT2D eigenvalue weighted by Crippen LogP contribution is 2.41. The molecule has 0 saturated carbocycles. The highest BCUT2D eigenvalue weighted by atomic mass is 19.3. The molecule has 33 heavy (non-hydrogen) atoms. The summed E-state index contributed by atoms with van der Waals surface area (Å²) >= 11 is 0. The molecule has 1 amide bonds. The molecular weight excluding hydrogens is 444 g/mol. The summed E-state index contributed by atoms with van der Waals surface area (Å²) in [7, 11) is 0. The van der Waals surface area contributed by atoms with E-state index >= 15 is 0 Å². The summed E-state index contributed by atoms with van der Waals surface area (Å²) in [5.41, 5.74) is 0.949. The number of rotatable bonds is 6. The molecule has 1 spiro atoms. The van der Waals surface area contributed by atoms with Crippen molar-refractivity contribution in [2.75, 3.05) is 31.1 Å². The first-order valence-electron chi connectivity index (χ1n) is 10.4. The minimum Gasteiger partial charge on any atom is -0.435 e. The van der Waals surface area contributed by atoms with Crippen LogP contribution in [0.3, 0.4) is 0 Å². The van der Waals surface area contributed by atoms with Crippen LogP contribution in [-0.2, 0) is 6.54 Å². The van der Waals surface area contributed by atoms with E-state index in [1.54, 1.807) is 17.2 Å². The Balaban J connectivity index is 1.25. The molecule has 12 heteroatoms. The summed E-state index contributed by atoms with van der Waals surface area (Å²) in [5.74, 6) is 0.283. The molecule has 2 aromatic heterocycles. The van der Waals surface area contributed by atoms with E-state index in [0.717, 1.165) is 11.1 Å². The minimum absolute atomic E-state index is 0.0572. The van der Waals surface area contributed by atoms with Crippen LogP contribution in [0.2, 0.25) is 0 Å². The Morgan fingerprint density at radius 3 is 2.73 bits per heavy atom. The molecule has 2 aliphatic rings. The number of aromatic nitrogens is 4. The number of hydrogen-bond acceptors (Lipinski definition) is 6. The quantitative estimate of drug-likeness (QED) is 0.522. The van der Waals surface area contributed by atoms with E-state index in [-0.39, 0.29) is 17.1 Å². The van der Waals surface area contributed by atoms with E-state index in [2.05, 4.69) is 19.8 Å². The van der Waals surface area contributed by atoms with Crippen molar-refractivity contribution in [1.29, 1.82) is 0 Å². The first-order valence-corrected chi connectivity index (χ1v) is 10.4. The van der Waals surface area contributed by atoms with Gasteiger partial charge in [-0.3, -0.25) is 4.79 Å². The van der Waals surface area contributed by atoms with Crippen LogP contribution in [0.4, 0.5) is 23.4 Å². The third-order valence-corrected chi connectivity index (χ3v) is 6.05. The van der Waals surface area contributed by atoms with Crippen molar-refractivity contribution in [2.24, 2.45) is 5.41 Å². The number of halogens is 4. The summed E-state index contributed by atoms with van der Waals surface area (Å²) in [6, 6.07) is 5.76. The van der Waals surface area contributed by atoms with Crippen molar-refractivity contribution in [3.8, 4) is 5.75 Å². The van der Waals surface area contributed by atoms with Gasteiger partial charge in [0.05, 0.1) is 12.4 Å². The monoisotopic (exact) mass is 464 g/mol. The van der Waals surface area contributed by atoms with E-state index in [9.17, 15) is 22.4 Å². The van der Waals surface area contributed by atoms with Gasteiger partial charge in [-0.05, 0) is 24.6 Å². The molecular formula is C21H20F4N6O2. The molecule has 5 rings (SSSR count).